The van der Waals surface area contributed by atoms with Gasteiger partial charge >= 0.3 is 0 Å². The maximum Gasteiger partial charge on any atom is 0.158 e. The highest BCUT2D eigenvalue weighted by Crippen LogP contribution is 2.42. The van der Waals surface area contributed by atoms with Gasteiger partial charge in [0.1, 0.15) is 0 Å². The van der Waals surface area contributed by atoms with Gasteiger partial charge in [0.15, 0.2) is 7.38 Å². The molecule has 0 aromatic carbocycles. The van der Waals surface area contributed by atoms with Crippen molar-refractivity contribution in [1.82, 2.24) is 0 Å². The maximum atomic E-state index is 6.53. The van der Waals surface area contributed by atoms with E-state index in [4.69, 9.17) is 15.8 Å². The molecular weight excluding hydrogens is 188 g/mol. The lowest BCUT2D eigenvalue weighted by Gasteiger charge is -2.33. The summed E-state index contributed by atoms with van der Waals surface area (Å²) in [5.41, 5.74) is 0. The highest BCUT2D eigenvalue weighted by atomic mass is 35.6. The highest BCUT2D eigenvalue weighted by molar-refractivity contribution is 7.21. The normalized spacial score (nSPS) is 17.5. The van der Waals surface area contributed by atoms with Crippen molar-refractivity contribution in [2.75, 3.05) is 13.7 Å². The number of hydrogen-bond donors (Lipinski definition) is 0. The molecule has 0 aliphatic carbocycles. The van der Waals surface area contributed by atoms with Crippen LogP contribution in [-0.2, 0) is 4.74 Å². The van der Waals surface area contributed by atoms with E-state index < -0.39 is 7.38 Å². The number of methoxy groups -OCH3 is 1. The molecule has 1 unspecified atom stereocenters. The van der Waals surface area contributed by atoms with Crippen molar-refractivity contribution in [2.45, 2.75) is 44.8 Å². The van der Waals surface area contributed by atoms with Crippen LogP contribution >= 0.6 is 11.1 Å². The van der Waals surface area contributed by atoms with Gasteiger partial charge in [-0.1, -0.05) is 27.3 Å². The smallest absolute Gasteiger partial charge is 0.158 e. The lowest BCUT2D eigenvalue weighted by atomic mass is 10.2. The van der Waals surface area contributed by atoms with Crippen molar-refractivity contribution in [3.05, 3.63) is 0 Å². The van der Waals surface area contributed by atoms with Crippen molar-refractivity contribution in [1.29, 1.82) is 0 Å². The Kier molecular flexibility index (Phi) is 4.81. The fourth-order valence-corrected chi connectivity index (χ4v) is 2.88. The number of hydrogen-bond acceptors (Lipinski definition) is 1. The van der Waals surface area contributed by atoms with Crippen molar-refractivity contribution in [3.8, 4) is 0 Å². The zero-order valence-corrected chi connectivity index (χ0v) is 10.7. The molecule has 0 saturated heterocycles. The molecule has 3 heteroatoms. The molecule has 0 N–H and O–H groups in total. The Morgan fingerprint density at radius 2 is 1.83 bits per heavy atom. The minimum absolute atomic E-state index is 0.294. The SMILES string of the molecule is COCCC[Si](C)(Cl)C(C)(C)C. The van der Waals surface area contributed by atoms with Gasteiger partial charge in [0, 0.05) is 13.7 Å². The van der Waals surface area contributed by atoms with Crippen molar-refractivity contribution >= 4 is 18.5 Å². The van der Waals surface area contributed by atoms with E-state index in [2.05, 4.69) is 27.3 Å². The minimum Gasteiger partial charge on any atom is -0.385 e. The summed E-state index contributed by atoms with van der Waals surface area (Å²) in [4.78, 5) is 0. The predicted molar refractivity (Wildman–Crippen MR) is 58.5 cm³/mol. The molecule has 0 heterocycles. The first-order valence-electron chi connectivity index (χ1n) is 4.49. The first kappa shape index (κ1) is 12.5. The van der Waals surface area contributed by atoms with E-state index in [1.54, 1.807) is 7.11 Å². The summed E-state index contributed by atoms with van der Waals surface area (Å²) in [5.74, 6) is 0. The average molecular weight is 209 g/mol. The molecule has 1 atom stereocenters. The first-order chi connectivity index (χ1) is 5.31. The van der Waals surface area contributed by atoms with Gasteiger partial charge in [-0.2, -0.15) is 11.1 Å². The van der Waals surface area contributed by atoms with E-state index in [-0.39, 0.29) is 0 Å². The van der Waals surface area contributed by atoms with Crippen LogP contribution in [0.4, 0.5) is 0 Å². The molecule has 74 valence electrons. The van der Waals surface area contributed by atoms with Crippen LogP contribution in [0.5, 0.6) is 0 Å². The third kappa shape index (κ3) is 3.92. The van der Waals surface area contributed by atoms with Gasteiger partial charge in [-0.3, -0.25) is 0 Å². The highest BCUT2D eigenvalue weighted by Gasteiger charge is 2.37. The van der Waals surface area contributed by atoms with E-state index in [9.17, 15) is 0 Å². The van der Waals surface area contributed by atoms with Crippen LogP contribution in [0.15, 0.2) is 0 Å². The fourth-order valence-electron chi connectivity index (χ4n) is 0.923. The van der Waals surface area contributed by atoms with Gasteiger partial charge in [-0.15, -0.1) is 0 Å². The first-order valence-corrected chi connectivity index (χ1v) is 8.21. The van der Waals surface area contributed by atoms with Crippen LogP contribution in [0.25, 0.3) is 0 Å². The number of ether oxygens (including phenoxy) is 1. The summed E-state index contributed by atoms with van der Waals surface area (Å²) in [6.45, 7) is 9.78. The second-order valence-electron chi connectivity index (χ2n) is 4.54. The van der Waals surface area contributed by atoms with Gasteiger partial charge in [0.2, 0.25) is 0 Å². The molecule has 0 aromatic rings. The molecule has 0 spiro atoms. The van der Waals surface area contributed by atoms with Crippen LogP contribution in [0.2, 0.25) is 17.6 Å². The molecule has 0 aliphatic heterocycles. The van der Waals surface area contributed by atoms with E-state index >= 15 is 0 Å². The second kappa shape index (κ2) is 4.63. The molecule has 0 rings (SSSR count). The third-order valence-electron chi connectivity index (χ3n) is 2.56. The molecule has 12 heavy (non-hydrogen) atoms. The largest absolute Gasteiger partial charge is 0.385 e. The Bertz CT molecular complexity index is 129. The number of halogens is 1. The molecule has 0 radical (unpaired) electrons. The fraction of sp³-hybridized carbons (Fsp3) is 1.00. The summed E-state index contributed by atoms with van der Waals surface area (Å²) in [7, 11) is 0.190. The summed E-state index contributed by atoms with van der Waals surface area (Å²) < 4.78 is 5.01. The zero-order valence-electron chi connectivity index (χ0n) is 8.91. The minimum atomic E-state index is -1.55. The zero-order chi connectivity index (χ0) is 9.83. The summed E-state index contributed by atoms with van der Waals surface area (Å²) in [6.07, 6.45) is 1.10. The van der Waals surface area contributed by atoms with Crippen LogP contribution in [0.1, 0.15) is 27.2 Å². The standard InChI is InChI=1S/C9H21ClOSi/c1-9(2,3)12(5,10)8-6-7-11-4/h6-8H2,1-5H3. The van der Waals surface area contributed by atoms with Gasteiger partial charge in [-0.05, 0) is 17.5 Å². The Hall–Kier alpha value is 0.467. The molecule has 1 nitrogen and oxygen atoms in total. The quantitative estimate of drug-likeness (QED) is 0.390. The second-order valence-corrected chi connectivity index (χ2v) is 11.4. The average Bonchev–Trinajstić information content (AvgIpc) is 1.85. The molecule has 0 aromatic heterocycles. The maximum absolute atomic E-state index is 6.53. The van der Waals surface area contributed by atoms with Gasteiger partial charge in [0.25, 0.3) is 0 Å². The van der Waals surface area contributed by atoms with Crippen LogP contribution in [-0.4, -0.2) is 21.1 Å². The van der Waals surface area contributed by atoms with E-state index in [1.807, 2.05) is 0 Å². The van der Waals surface area contributed by atoms with E-state index in [0.717, 1.165) is 19.1 Å². The summed E-state index contributed by atoms with van der Waals surface area (Å²) >= 11 is 6.53. The predicted octanol–water partition coefficient (Wildman–Crippen LogP) is 3.64. The molecule has 0 fully saturated rings. The molecule has 0 saturated carbocycles. The van der Waals surface area contributed by atoms with Crippen LogP contribution < -0.4 is 0 Å². The van der Waals surface area contributed by atoms with Gasteiger partial charge in [0.05, 0.1) is 0 Å². The number of rotatable bonds is 4. The Balaban J connectivity index is 3.88. The summed E-state index contributed by atoms with van der Waals surface area (Å²) in [6, 6.07) is 1.14. The van der Waals surface area contributed by atoms with E-state index in [1.165, 1.54) is 0 Å². The molecule has 0 bridgehead atoms. The monoisotopic (exact) mass is 208 g/mol. The topological polar surface area (TPSA) is 9.23 Å². The van der Waals surface area contributed by atoms with Crippen molar-refractivity contribution < 1.29 is 4.74 Å². The van der Waals surface area contributed by atoms with Gasteiger partial charge < -0.3 is 4.74 Å². The van der Waals surface area contributed by atoms with Crippen molar-refractivity contribution in [3.63, 3.8) is 0 Å². The molecule has 0 amide bonds. The summed E-state index contributed by atoms with van der Waals surface area (Å²) in [5, 5.41) is 0.294. The molecule has 0 aliphatic rings. The van der Waals surface area contributed by atoms with Crippen LogP contribution in [0.3, 0.4) is 0 Å². The molecular formula is C9H21ClOSi. The lowest BCUT2D eigenvalue weighted by molar-refractivity contribution is 0.198. The van der Waals surface area contributed by atoms with Gasteiger partial charge in [-0.25, -0.2) is 0 Å². The van der Waals surface area contributed by atoms with Crippen molar-refractivity contribution in [2.24, 2.45) is 0 Å². The Morgan fingerprint density at radius 1 is 1.33 bits per heavy atom. The Morgan fingerprint density at radius 3 is 2.17 bits per heavy atom. The lowest BCUT2D eigenvalue weighted by Crippen LogP contribution is -2.34. The van der Waals surface area contributed by atoms with E-state index in [0.29, 0.717) is 5.04 Å². The Labute approximate surface area is 82.2 Å². The third-order valence-corrected chi connectivity index (χ3v) is 9.25. The van der Waals surface area contributed by atoms with Crippen LogP contribution in [0, 0.1) is 0 Å².